The number of hydrogen-bond acceptors (Lipinski definition) is 2. The maximum atomic E-state index is 13.2. The van der Waals surface area contributed by atoms with Gasteiger partial charge in [-0.05, 0) is 48.2 Å². The Morgan fingerprint density at radius 3 is 2.33 bits per heavy atom. The van der Waals surface area contributed by atoms with E-state index in [-0.39, 0.29) is 24.1 Å². The molecular weight excluding hydrogens is 309 g/mol. The van der Waals surface area contributed by atoms with E-state index in [0.717, 1.165) is 5.56 Å². The monoisotopic (exact) mass is 329 g/mol. The van der Waals surface area contributed by atoms with Gasteiger partial charge < -0.3 is 10.4 Å². The average Bonchev–Trinajstić information content (AvgIpc) is 2.54. The third-order valence-corrected chi connectivity index (χ3v) is 3.97. The number of carboxylic acids is 1. The number of carbonyl (C=O) groups excluding carboxylic acids is 1. The largest absolute Gasteiger partial charge is 0.481 e. The molecule has 0 fully saturated rings. The molecule has 5 heteroatoms. The molecular formula is C19H20FNO3. The molecule has 2 rings (SSSR count). The van der Waals surface area contributed by atoms with Gasteiger partial charge in [0.15, 0.2) is 0 Å². The molecule has 0 aliphatic heterocycles. The summed E-state index contributed by atoms with van der Waals surface area (Å²) in [5.74, 6) is -2.08. The predicted octanol–water partition coefficient (Wildman–Crippen LogP) is 4.15. The molecule has 0 aliphatic rings. The molecule has 2 unspecified atom stereocenters. The van der Waals surface area contributed by atoms with Crippen LogP contribution in [0.3, 0.4) is 0 Å². The van der Waals surface area contributed by atoms with Gasteiger partial charge >= 0.3 is 5.97 Å². The first kappa shape index (κ1) is 17.7. The summed E-state index contributed by atoms with van der Waals surface area (Å²) >= 11 is 0. The number of benzene rings is 2. The van der Waals surface area contributed by atoms with E-state index in [0.29, 0.717) is 11.3 Å². The number of hydrogen-bond donors (Lipinski definition) is 2. The molecule has 126 valence electrons. The van der Waals surface area contributed by atoms with E-state index in [1.165, 1.54) is 12.1 Å². The summed E-state index contributed by atoms with van der Waals surface area (Å²) in [6.07, 6.45) is 0.233. The van der Waals surface area contributed by atoms with E-state index in [1.54, 1.807) is 43.3 Å². The number of nitrogens with one attached hydrogen (secondary N) is 1. The third kappa shape index (κ3) is 4.65. The minimum atomic E-state index is -0.893. The SMILES string of the molecule is CC(CC(=O)Nc1ccc(C(C)C(=O)O)cc1)c1cccc(F)c1. The van der Waals surface area contributed by atoms with E-state index in [2.05, 4.69) is 5.32 Å². The lowest BCUT2D eigenvalue weighted by Gasteiger charge is -2.13. The van der Waals surface area contributed by atoms with Gasteiger partial charge in [0.2, 0.25) is 5.91 Å². The molecule has 24 heavy (non-hydrogen) atoms. The molecule has 0 aliphatic carbocycles. The van der Waals surface area contributed by atoms with Crippen molar-refractivity contribution in [3.63, 3.8) is 0 Å². The zero-order chi connectivity index (χ0) is 17.7. The molecule has 0 spiro atoms. The Morgan fingerprint density at radius 2 is 1.75 bits per heavy atom. The number of rotatable bonds is 6. The van der Waals surface area contributed by atoms with E-state index < -0.39 is 11.9 Å². The van der Waals surface area contributed by atoms with Crippen molar-refractivity contribution in [2.24, 2.45) is 0 Å². The summed E-state index contributed by atoms with van der Waals surface area (Å²) in [6, 6.07) is 13.0. The van der Waals surface area contributed by atoms with Gasteiger partial charge in [0.1, 0.15) is 5.82 Å². The van der Waals surface area contributed by atoms with Gasteiger partial charge in [-0.1, -0.05) is 31.2 Å². The van der Waals surface area contributed by atoms with Gasteiger partial charge in [0.05, 0.1) is 5.92 Å². The highest BCUT2D eigenvalue weighted by atomic mass is 19.1. The van der Waals surface area contributed by atoms with E-state index in [1.807, 2.05) is 6.92 Å². The first-order valence-corrected chi connectivity index (χ1v) is 7.75. The normalized spacial score (nSPS) is 13.1. The molecule has 0 bridgehead atoms. The highest BCUT2D eigenvalue weighted by Crippen LogP contribution is 2.22. The van der Waals surface area contributed by atoms with Crippen molar-refractivity contribution in [3.05, 3.63) is 65.5 Å². The van der Waals surface area contributed by atoms with Gasteiger partial charge in [0, 0.05) is 12.1 Å². The van der Waals surface area contributed by atoms with Crippen molar-refractivity contribution in [1.82, 2.24) is 0 Å². The first-order chi connectivity index (χ1) is 11.4. The van der Waals surface area contributed by atoms with Crippen LogP contribution in [0.5, 0.6) is 0 Å². The Balaban J connectivity index is 1.96. The lowest BCUT2D eigenvalue weighted by molar-refractivity contribution is -0.138. The van der Waals surface area contributed by atoms with Crippen molar-refractivity contribution in [2.75, 3.05) is 5.32 Å². The summed E-state index contributed by atoms with van der Waals surface area (Å²) < 4.78 is 13.2. The molecule has 1 amide bonds. The quantitative estimate of drug-likeness (QED) is 0.837. The molecule has 2 aromatic carbocycles. The molecule has 2 aromatic rings. The Labute approximate surface area is 140 Å². The highest BCUT2D eigenvalue weighted by Gasteiger charge is 2.14. The Kier molecular flexibility index (Phi) is 5.68. The standard InChI is InChI=1S/C19H20FNO3/c1-12(15-4-3-5-16(20)11-15)10-18(22)21-17-8-6-14(7-9-17)13(2)19(23)24/h3-9,11-13H,10H2,1-2H3,(H,21,22)(H,23,24). The first-order valence-electron chi connectivity index (χ1n) is 7.75. The Hall–Kier alpha value is -2.69. The van der Waals surface area contributed by atoms with E-state index in [4.69, 9.17) is 5.11 Å². The van der Waals surface area contributed by atoms with Crippen LogP contribution in [0.15, 0.2) is 48.5 Å². The van der Waals surface area contributed by atoms with E-state index in [9.17, 15) is 14.0 Å². The van der Waals surface area contributed by atoms with Crippen molar-refractivity contribution >= 4 is 17.6 Å². The number of halogens is 1. The number of amides is 1. The summed E-state index contributed by atoms with van der Waals surface area (Å²) in [7, 11) is 0. The predicted molar refractivity (Wildman–Crippen MR) is 90.6 cm³/mol. The maximum Gasteiger partial charge on any atom is 0.310 e. The second-order valence-corrected chi connectivity index (χ2v) is 5.89. The molecule has 0 heterocycles. The molecule has 2 atom stereocenters. The molecule has 0 radical (unpaired) electrons. The van der Waals surface area contributed by atoms with Crippen LogP contribution in [0.25, 0.3) is 0 Å². The summed E-state index contributed by atoms with van der Waals surface area (Å²) in [6.45, 7) is 3.47. The van der Waals surface area contributed by atoms with Crippen LogP contribution in [0, 0.1) is 5.82 Å². The topological polar surface area (TPSA) is 66.4 Å². The Morgan fingerprint density at radius 1 is 1.08 bits per heavy atom. The fraction of sp³-hybridized carbons (Fsp3) is 0.263. The fourth-order valence-corrected chi connectivity index (χ4v) is 2.42. The summed E-state index contributed by atoms with van der Waals surface area (Å²) in [5.41, 5.74) is 2.05. The molecule has 4 nitrogen and oxygen atoms in total. The van der Waals surface area contributed by atoms with Crippen LogP contribution in [0.4, 0.5) is 10.1 Å². The number of anilines is 1. The zero-order valence-electron chi connectivity index (χ0n) is 13.6. The van der Waals surface area contributed by atoms with Crippen molar-refractivity contribution in [2.45, 2.75) is 32.1 Å². The van der Waals surface area contributed by atoms with Crippen molar-refractivity contribution < 1.29 is 19.1 Å². The minimum absolute atomic E-state index is 0.105. The van der Waals surface area contributed by atoms with Crippen molar-refractivity contribution in [1.29, 1.82) is 0 Å². The van der Waals surface area contributed by atoms with E-state index >= 15 is 0 Å². The maximum absolute atomic E-state index is 13.2. The Bertz CT molecular complexity index is 728. The number of carbonyl (C=O) groups is 2. The van der Waals surface area contributed by atoms with Crippen LogP contribution in [0.2, 0.25) is 0 Å². The summed E-state index contributed by atoms with van der Waals surface area (Å²) in [5, 5.41) is 11.8. The van der Waals surface area contributed by atoms with Gasteiger partial charge in [-0.2, -0.15) is 0 Å². The van der Waals surface area contributed by atoms with Crippen LogP contribution in [0.1, 0.15) is 43.2 Å². The van der Waals surface area contributed by atoms with Crippen LogP contribution >= 0.6 is 0 Å². The number of carboxylic acid groups (broad SMARTS) is 1. The van der Waals surface area contributed by atoms with Gasteiger partial charge in [-0.3, -0.25) is 9.59 Å². The van der Waals surface area contributed by atoms with Gasteiger partial charge in [-0.25, -0.2) is 4.39 Å². The lowest BCUT2D eigenvalue weighted by Crippen LogP contribution is -2.14. The molecule has 0 saturated carbocycles. The van der Waals surface area contributed by atoms with Crippen molar-refractivity contribution in [3.8, 4) is 0 Å². The molecule has 0 saturated heterocycles. The second-order valence-electron chi connectivity index (χ2n) is 5.89. The third-order valence-electron chi connectivity index (χ3n) is 3.97. The summed E-state index contributed by atoms with van der Waals surface area (Å²) in [4.78, 5) is 23.1. The number of aliphatic carboxylic acids is 1. The van der Waals surface area contributed by atoms with Gasteiger partial charge in [-0.15, -0.1) is 0 Å². The fourth-order valence-electron chi connectivity index (χ4n) is 2.42. The van der Waals surface area contributed by atoms with Crippen LogP contribution in [-0.2, 0) is 9.59 Å². The smallest absolute Gasteiger partial charge is 0.310 e. The van der Waals surface area contributed by atoms with Crippen LogP contribution < -0.4 is 5.32 Å². The molecule has 2 N–H and O–H groups in total. The second kappa shape index (κ2) is 7.73. The average molecular weight is 329 g/mol. The molecule has 0 aromatic heterocycles. The lowest BCUT2D eigenvalue weighted by atomic mass is 9.97. The highest BCUT2D eigenvalue weighted by molar-refractivity contribution is 5.91. The minimum Gasteiger partial charge on any atom is -0.481 e. The zero-order valence-corrected chi connectivity index (χ0v) is 13.6. The van der Waals surface area contributed by atoms with Crippen LogP contribution in [-0.4, -0.2) is 17.0 Å². The van der Waals surface area contributed by atoms with Gasteiger partial charge in [0.25, 0.3) is 0 Å².